The second-order valence-electron chi connectivity index (χ2n) is 2.35. The fraction of sp³-hybridized carbons (Fsp3) is 0.500. The molecular formula is C6H6F3O6S-. The molecule has 0 saturated carbocycles. The van der Waals surface area contributed by atoms with Crippen LogP contribution >= 0.6 is 0 Å². The highest BCUT2D eigenvalue weighted by Gasteiger charge is 2.48. The number of carbonyl (C=O) groups excluding carboxylic acids is 1. The zero-order valence-corrected chi connectivity index (χ0v) is 8.59. The Morgan fingerprint density at radius 2 is 1.94 bits per heavy atom. The van der Waals surface area contributed by atoms with Gasteiger partial charge in [0.05, 0.1) is 5.97 Å². The van der Waals surface area contributed by atoms with Gasteiger partial charge in [0.1, 0.15) is 12.4 Å². The van der Waals surface area contributed by atoms with Crippen molar-refractivity contribution < 1.29 is 40.4 Å². The average molecular weight is 263 g/mol. The summed E-state index contributed by atoms with van der Waals surface area (Å²) in [5, 5.41) is 10.0. The van der Waals surface area contributed by atoms with Crippen LogP contribution in [0.4, 0.5) is 13.2 Å². The number of carbonyl (C=O) groups is 1. The first-order chi connectivity index (χ1) is 7.10. The average Bonchev–Trinajstić information content (AvgIpc) is 1.99. The molecule has 0 N–H and O–H groups in total. The predicted octanol–water partition coefficient (Wildman–Crippen LogP) is -0.867. The Kier molecular flexibility index (Phi) is 4.75. The first-order valence-electron chi connectivity index (χ1n) is 3.51. The molecule has 0 spiro atoms. The Labute approximate surface area is 88.4 Å². The van der Waals surface area contributed by atoms with E-state index >= 15 is 0 Å². The molecule has 10 heteroatoms. The second kappa shape index (κ2) is 5.16. The van der Waals surface area contributed by atoms with E-state index in [1.165, 1.54) is 0 Å². The number of rotatable bonds is 5. The summed E-state index contributed by atoms with van der Waals surface area (Å²) in [5.74, 6) is -2.95. The van der Waals surface area contributed by atoms with Crippen LogP contribution in [0.15, 0.2) is 11.8 Å². The Morgan fingerprint density at radius 3 is 2.25 bits per heavy atom. The molecule has 0 aromatic carbocycles. The molecule has 0 rings (SSSR count). The van der Waals surface area contributed by atoms with Crippen molar-refractivity contribution >= 4 is 16.1 Å². The molecule has 0 bridgehead atoms. The Balaban J connectivity index is 4.99. The van der Waals surface area contributed by atoms with Crippen LogP contribution in [0.1, 0.15) is 0 Å². The monoisotopic (exact) mass is 263 g/mol. The van der Waals surface area contributed by atoms with Gasteiger partial charge in [-0.3, -0.25) is 0 Å². The summed E-state index contributed by atoms with van der Waals surface area (Å²) in [4.78, 5) is 10.0. The molecule has 0 aromatic rings. The SMILES string of the molecule is COC/C(=C/C(=O)[O-])OS(=O)(=O)C(F)(F)F. The first-order valence-corrected chi connectivity index (χ1v) is 4.92. The van der Waals surface area contributed by atoms with Crippen molar-refractivity contribution in [1.82, 2.24) is 0 Å². The fourth-order valence-electron chi connectivity index (χ4n) is 0.552. The highest BCUT2D eigenvalue weighted by molar-refractivity contribution is 7.87. The number of hydrogen-bond donors (Lipinski definition) is 0. The highest BCUT2D eigenvalue weighted by Crippen LogP contribution is 2.26. The maximum Gasteiger partial charge on any atom is 0.534 e. The number of aliphatic carboxylic acids is 1. The zero-order chi connectivity index (χ0) is 13.0. The maximum atomic E-state index is 11.8. The van der Waals surface area contributed by atoms with Gasteiger partial charge < -0.3 is 18.8 Å². The van der Waals surface area contributed by atoms with Crippen LogP contribution in [-0.2, 0) is 23.8 Å². The third-order valence-corrected chi connectivity index (χ3v) is 2.07. The van der Waals surface area contributed by atoms with Crippen LogP contribution < -0.4 is 5.11 Å². The van der Waals surface area contributed by atoms with E-state index in [4.69, 9.17) is 0 Å². The topological polar surface area (TPSA) is 92.7 Å². The van der Waals surface area contributed by atoms with E-state index in [1.807, 2.05) is 0 Å². The number of carboxylic acids is 1. The summed E-state index contributed by atoms with van der Waals surface area (Å²) in [7, 11) is -4.90. The van der Waals surface area contributed by atoms with Crippen molar-refractivity contribution in [1.29, 1.82) is 0 Å². The van der Waals surface area contributed by atoms with Crippen molar-refractivity contribution in [2.45, 2.75) is 5.51 Å². The van der Waals surface area contributed by atoms with E-state index in [0.717, 1.165) is 7.11 Å². The van der Waals surface area contributed by atoms with Gasteiger partial charge in [-0.25, -0.2) is 0 Å². The highest BCUT2D eigenvalue weighted by atomic mass is 32.2. The molecule has 0 heterocycles. The van der Waals surface area contributed by atoms with Crippen LogP contribution in [0.2, 0.25) is 0 Å². The maximum absolute atomic E-state index is 11.8. The molecule has 0 radical (unpaired) electrons. The van der Waals surface area contributed by atoms with E-state index in [1.54, 1.807) is 0 Å². The number of carboxylic acid groups (broad SMARTS) is 1. The summed E-state index contributed by atoms with van der Waals surface area (Å²) in [6, 6.07) is 0. The lowest BCUT2D eigenvalue weighted by molar-refractivity contribution is -0.297. The summed E-state index contributed by atoms with van der Waals surface area (Å²) in [6.45, 7) is -0.761. The molecule has 0 fully saturated rings. The molecular weight excluding hydrogens is 257 g/mol. The molecule has 0 atom stereocenters. The minimum Gasteiger partial charge on any atom is -0.545 e. The fourth-order valence-corrected chi connectivity index (χ4v) is 1.02. The van der Waals surface area contributed by atoms with Crippen LogP contribution in [-0.4, -0.2) is 33.6 Å². The minimum absolute atomic E-state index is 0.0484. The van der Waals surface area contributed by atoms with E-state index in [0.29, 0.717) is 0 Å². The molecule has 16 heavy (non-hydrogen) atoms. The number of alkyl halides is 3. The van der Waals surface area contributed by atoms with Gasteiger partial charge in [-0.2, -0.15) is 21.6 Å². The molecule has 94 valence electrons. The molecule has 0 unspecified atom stereocenters. The van der Waals surface area contributed by atoms with E-state index in [-0.39, 0.29) is 6.08 Å². The zero-order valence-electron chi connectivity index (χ0n) is 7.78. The van der Waals surface area contributed by atoms with Crippen LogP contribution in [0.3, 0.4) is 0 Å². The standard InChI is InChI=1S/C6H7F3O6S/c1-14-3-4(2-5(10)11)15-16(12,13)6(7,8)9/h2H,3H2,1H3,(H,10,11)/p-1/b4-2-. The van der Waals surface area contributed by atoms with E-state index < -0.39 is 34.0 Å². The van der Waals surface area contributed by atoms with Crippen molar-refractivity contribution in [3.63, 3.8) is 0 Å². The van der Waals surface area contributed by atoms with Gasteiger partial charge in [0.25, 0.3) is 0 Å². The number of halogens is 3. The van der Waals surface area contributed by atoms with Crippen LogP contribution in [0.25, 0.3) is 0 Å². The van der Waals surface area contributed by atoms with Gasteiger partial charge in [0.2, 0.25) is 0 Å². The number of methoxy groups -OCH3 is 1. The Hall–Kier alpha value is -1.29. The van der Waals surface area contributed by atoms with Gasteiger partial charge in [-0.05, 0) is 0 Å². The third-order valence-electron chi connectivity index (χ3n) is 1.07. The van der Waals surface area contributed by atoms with Crippen molar-refractivity contribution in [3.8, 4) is 0 Å². The first kappa shape index (κ1) is 14.7. The van der Waals surface area contributed by atoms with Gasteiger partial charge in [0, 0.05) is 13.2 Å². The molecule has 0 aliphatic rings. The Bertz CT molecular complexity index is 382. The molecule has 0 aromatic heterocycles. The lowest BCUT2D eigenvalue weighted by Crippen LogP contribution is -2.27. The lowest BCUT2D eigenvalue weighted by atomic mass is 10.5. The van der Waals surface area contributed by atoms with Gasteiger partial charge in [-0.15, -0.1) is 0 Å². The smallest absolute Gasteiger partial charge is 0.534 e. The minimum atomic E-state index is -5.90. The predicted molar refractivity (Wildman–Crippen MR) is 41.0 cm³/mol. The lowest BCUT2D eigenvalue weighted by Gasteiger charge is -2.11. The number of ether oxygens (including phenoxy) is 1. The van der Waals surface area contributed by atoms with E-state index in [9.17, 15) is 31.5 Å². The van der Waals surface area contributed by atoms with Gasteiger partial charge in [-0.1, -0.05) is 0 Å². The normalized spacial score (nSPS) is 13.6. The molecule has 0 saturated heterocycles. The van der Waals surface area contributed by atoms with E-state index in [2.05, 4.69) is 8.92 Å². The second-order valence-corrected chi connectivity index (χ2v) is 3.88. The molecule has 0 aliphatic heterocycles. The van der Waals surface area contributed by atoms with Crippen molar-refractivity contribution in [2.75, 3.05) is 13.7 Å². The largest absolute Gasteiger partial charge is 0.545 e. The summed E-state index contributed by atoms with van der Waals surface area (Å²) in [5.41, 5.74) is -5.65. The van der Waals surface area contributed by atoms with Crippen LogP contribution in [0.5, 0.6) is 0 Å². The summed E-state index contributed by atoms with van der Waals surface area (Å²) < 4.78 is 64.2. The number of hydrogen-bond acceptors (Lipinski definition) is 6. The molecule has 0 amide bonds. The van der Waals surface area contributed by atoms with Crippen LogP contribution in [0, 0.1) is 0 Å². The summed E-state index contributed by atoms with van der Waals surface area (Å²) >= 11 is 0. The third kappa shape index (κ3) is 4.49. The molecule has 0 aliphatic carbocycles. The van der Waals surface area contributed by atoms with Crippen molar-refractivity contribution in [3.05, 3.63) is 11.8 Å². The summed E-state index contributed by atoms with van der Waals surface area (Å²) in [6.07, 6.45) is 0.0484. The van der Waals surface area contributed by atoms with Crippen molar-refractivity contribution in [2.24, 2.45) is 0 Å². The Morgan fingerprint density at radius 1 is 1.44 bits per heavy atom. The van der Waals surface area contributed by atoms with Gasteiger partial charge in [0.15, 0.2) is 0 Å². The van der Waals surface area contributed by atoms with Gasteiger partial charge >= 0.3 is 15.6 Å². The molecule has 6 nitrogen and oxygen atoms in total. The quantitative estimate of drug-likeness (QED) is 0.277.